The minimum atomic E-state index is -4.76. The first-order valence-corrected chi connectivity index (χ1v) is 10.5. The number of sulfonamides is 1. The molecule has 0 atom stereocenters. The minimum Gasteiger partial charge on any atom is -0.344 e. The van der Waals surface area contributed by atoms with Crippen LogP contribution in [0.1, 0.15) is 12.0 Å². The Morgan fingerprint density at radius 3 is 2.45 bits per heavy atom. The van der Waals surface area contributed by atoms with Crippen molar-refractivity contribution >= 4 is 27.5 Å². The van der Waals surface area contributed by atoms with E-state index >= 15 is 0 Å². The van der Waals surface area contributed by atoms with Crippen LogP contribution >= 0.6 is 11.6 Å². The molecule has 7 nitrogen and oxygen atoms in total. The Labute approximate surface area is 172 Å². The predicted molar refractivity (Wildman–Crippen MR) is 99.5 cm³/mol. The van der Waals surface area contributed by atoms with E-state index in [2.05, 4.69) is 0 Å². The van der Waals surface area contributed by atoms with Crippen molar-refractivity contribution in [3.63, 3.8) is 0 Å². The Morgan fingerprint density at radius 1 is 1.28 bits per heavy atom. The van der Waals surface area contributed by atoms with Gasteiger partial charge in [-0.1, -0.05) is 11.6 Å². The Hall–Kier alpha value is -1.87. The molecule has 0 aliphatic carbocycles. The van der Waals surface area contributed by atoms with Crippen molar-refractivity contribution in [2.45, 2.75) is 17.5 Å². The molecule has 0 bridgehead atoms. The molecule has 1 aliphatic rings. The number of nitriles is 1. The maximum atomic E-state index is 13.0. The molecule has 1 amide bonds. The molecule has 1 aromatic rings. The lowest BCUT2D eigenvalue weighted by molar-refractivity contribution is -0.137. The van der Waals surface area contributed by atoms with Crippen LogP contribution in [0.15, 0.2) is 23.1 Å². The normalized spacial score (nSPS) is 16.4. The Morgan fingerprint density at radius 2 is 1.90 bits per heavy atom. The van der Waals surface area contributed by atoms with Gasteiger partial charge in [-0.2, -0.15) is 22.7 Å². The summed E-state index contributed by atoms with van der Waals surface area (Å²) in [5.74, 6) is -0.191. The first-order chi connectivity index (χ1) is 13.5. The Kier molecular flexibility index (Phi) is 7.50. The summed E-state index contributed by atoms with van der Waals surface area (Å²) in [6.45, 7) is 0.993. The van der Waals surface area contributed by atoms with E-state index in [0.717, 1.165) is 16.4 Å². The molecular weight excluding hydrogens is 433 g/mol. The molecule has 1 heterocycles. The number of halogens is 4. The van der Waals surface area contributed by atoms with Gasteiger partial charge in [0.1, 0.15) is 0 Å². The molecule has 0 saturated carbocycles. The molecule has 160 valence electrons. The van der Waals surface area contributed by atoms with Crippen molar-refractivity contribution in [3.05, 3.63) is 28.8 Å². The SMILES string of the molecule is CN(CCC#N)C(=O)CN1CCN(S(=O)(=O)c2ccc(Cl)c(C(F)(F)F)c2)CC1. The number of piperazine rings is 1. The molecule has 2 rings (SSSR count). The fourth-order valence-electron chi connectivity index (χ4n) is 2.81. The van der Waals surface area contributed by atoms with Gasteiger partial charge in [-0.15, -0.1) is 0 Å². The number of likely N-dealkylation sites (N-methyl/N-ethyl adjacent to an activating group) is 1. The van der Waals surface area contributed by atoms with E-state index in [4.69, 9.17) is 16.9 Å². The van der Waals surface area contributed by atoms with Gasteiger partial charge in [-0.25, -0.2) is 8.42 Å². The highest BCUT2D eigenvalue weighted by Crippen LogP contribution is 2.36. The second kappa shape index (κ2) is 9.30. The highest BCUT2D eigenvalue weighted by atomic mass is 35.5. The average Bonchev–Trinajstić information content (AvgIpc) is 2.65. The van der Waals surface area contributed by atoms with Gasteiger partial charge in [0, 0.05) is 39.8 Å². The van der Waals surface area contributed by atoms with Crippen molar-refractivity contribution in [1.29, 1.82) is 5.26 Å². The molecule has 0 unspecified atom stereocenters. The summed E-state index contributed by atoms with van der Waals surface area (Å²) in [6, 6.07) is 4.46. The Balaban J connectivity index is 2.03. The lowest BCUT2D eigenvalue weighted by Gasteiger charge is -2.34. The third kappa shape index (κ3) is 5.82. The highest BCUT2D eigenvalue weighted by Gasteiger charge is 2.36. The molecule has 1 aliphatic heterocycles. The van der Waals surface area contributed by atoms with Crippen LogP contribution in [0, 0.1) is 11.3 Å². The van der Waals surface area contributed by atoms with E-state index in [1.54, 1.807) is 11.9 Å². The zero-order valence-corrected chi connectivity index (χ0v) is 17.2. The van der Waals surface area contributed by atoms with Crippen LogP contribution in [0.2, 0.25) is 5.02 Å². The number of carbonyl (C=O) groups is 1. The van der Waals surface area contributed by atoms with Crippen molar-refractivity contribution in [2.24, 2.45) is 0 Å². The van der Waals surface area contributed by atoms with Gasteiger partial charge in [0.05, 0.1) is 34.5 Å². The summed E-state index contributed by atoms with van der Waals surface area (Å²) in [5, 5.41) is 7.99. The van der Waals surface area contributed by atoms with Crippen LogP contribution < -0.4 is 0 Å². The van der Waals surface area contributed by atoms with Gasteiger partial charge in [-0.3, -0.25) is 9.69 Å². The van der Waals surface area contributed by atoms with E-state index in [1.165, 1.54) is 4.90 Å². The zero-order chi connectivity index (χ0) is 21.8. The maximum absolute atomic E-state index is 13.0. The van der Waals surface area contributed by atoms with Gasteiger partial charge in [-0.05, 0) is 18.2 Å². The largest absolute Gasteiger partial charge is 0.417 e. The highest BCUT2D eigenvalue weighted by molar-refractivity contribution is 7.89. The number of rotatable bonds is 6. The number of nitrogens with zero attached hydrogens (tertiary/aromatic N) is 4. The van der Waals surface area contributed by atoms with E-state index in [0.29, 0.717) is 12.6 Å². The quantitative estimate of drug-likeness (QED) is 0.659. The molecule has 0 aromatic heterocycles. The first-order valence-electron chi connectivity index (χ1n) is 8.67. The fraction of sp³-hybridized carbons (Fsp3) is 0.529. The van der Waals surface area contributed by atoms with Crippen LogP contribution in [0.4, 0.5) is 13.2 Å². The zero-order valence-electron chi connectivity index (χ0n) is 15.6. The summed E-state index contributed by atoms with van der Waals surface area (Å²) in [5.41, 5.74) is -1.20. The molecule has 0 radical (unpaired) electrons. The fourth-order valence-corrected chi connectivity index (χ4v) is 4.49. The monoisotopic (exact) mass is 452 g/mol. The minimum absolute atomic E-state index is 0.0432. The van der Waals surface area contributed by atoms with Crippen LogP contribution in [0.5, 0.6) is 0 Å². The van der Waals surface area contributed by atoms with Crippen LogP contribution in [0.25, 0.3) is 0 Å². The van der Waals surface area contributed by atoms with Crippen molar-refractivity contribution in [1.82, 2.24) is 14.1 Å². The van der Waals surface area contributed by atoms with E-state index in [-0.39, 0.29) is 45.1 Å². The van der Waals surface area contributed by atoms with Crippen LogP contribution in [-0.4, -0.2) is 74.7 Å². The van der Waals surface area contributed by atoms with Gasteiger partial charge < -0.3 is 4.90 Å². The maximum Gasteiger partial charge on any atom is 0.417 e. The first kappa shape index (κ1) is 23.4. The second-order valence-electron chi connectivity index (χ2n) is 6.54. The number of carbonyl (C=O) groups excluding carboxylic acids is 1. The molecule has 12 heteroatoms. The third-order valence-corrected chi connectivity index (χ3v) is 6.78. The summed E-state index contributed by atoms with van der Waals surface area (Å²) in [4.78, 5) is 14.8. The molecule has 0 N–H and O–H groups in total. The van der Waals surface area contributed by atoms with Crippen LogP contribution in [-0.2, 0) is 21.0 Å². The lowest BCUT2D eigenvalue weighted by Crippen LogP contribution is -2.51. The molecule has 1 fully saturated rings. The third-order valence-electron chi connectivity index (χ3n) is 4.56. The van der Waals surface area contributed by atoms with Crippen molar-refractivity contribution in [3.8, 4) is 6.07 Å². The Bertz CT molecular complexity index is 894. The molecule has 1 aromatic carbocycles. The summed E-state index contributed by atoms with van der Waals surface area (Å²) in [7, 11) is -2.54. The number of amides is 1. The lowest BCUT2D eigenvalue weighted by atomic mass is 10.2. The predicted octanol–water partition coefficient (Wildman–Crippen LogP) is 2.04. The summed E-state index contributed by atoms with van der Waals surface area (Å²) in [6.07, 6.45) is -4.55. The second-order valence-corrected chi connectivity index (χ2v) is 8.89. The number of alkyl halides is 3. The van der Waals surface area contributed by atoms with Gasteiger partial charge in [0.2, 0.25) is 15.9 Å². The van der Waals surface area contributed by atoms with Crippen molar-refractivity contribution < 1.29 is 26.4 Å². The van der Waals surface area contributed by atoms with Crippen LogP contribution in [0.3, 0.4) is 0 Å². The number of benzene rings is 1. The van der Waals surface area contributed by atoms with E-state index in [1.807, 2.05) is 6.07 Å². The van der Waals surface area contributed by atoms with Gasteiger partial charge in [0.25, 0.3) is 0 Å². The number of hydrogen-bond acceptors (Lipinski definition) is 5. The summed E-state index contributed by atoms with van der Waals surface area (Å²) >= 11 is 5.55. The molecule has 29 heavy (non-hydrogen) atoms. The van der Waals surface area contributed by atoms with Gasteiger partial charge >= 0.3 is 6.18 Å². The van der Waals surface area contributed by atoms with E-state index in [9.17, 15) is 26.4 Å². The van der Waals surface area contributed by atoms with Gasteiger partial charge in [0.15, 0.2) is 0 Å². The topological polar surface area (TPSA) is 84.7 Å². The molecule has 1 saturated heterocycles. The average molecular weight is 453 g/mol. The number of hydrogen-bond donors (Lipinski definition) is 0. The molecule has 0 spiro atoms. The summed E-state index contributed by atoms with van der Waals surface area (Å²) < 4.78 is 65.6. The van der Waals surface area contributed by atoms with E-state index < -0.39 is 31.7 Å². The van der Waals surface area contributed by atoms with Crippen molar-refractivity contribution in [2.75, 3.05) is 46.3 Å². The smallest absolute Gasteiger partial charge is 0.344 e. The standard InChI is InChI=1S/C17H20ClF3N4O3S/c1-23(6-2-5-22)16(26)12-24-7-9-25(10-8-24)29(27,28)13-3-4-15(18)14(11-13)17(19,20)21/h3-4,11H,2,6-10,12H2,1H3. The molecular formula is C17H20ClF3N4O3S.